The Labute approximate surface area is 32.1 Å². The second-order valence-electron chi connectivity index (χ2n) is 0.702. The average Bonchev–Trinajstić information content (AvgIpc) is 1.41. The lowest BCUT2D eigenvalue weighted by Crippen LogP contribution is -2.07. The summed E-state index contributed by atoms with van der Waals surface area (Å²) in [5, 5.41) is 2.73. The van der Waals surface area contributed by atoms with Gasteiger partial charge in [-0.05, 0) is 7.05 Å². The van der Waals surface area contributed by atoms with Crippen LogP contribution >= 0.6 is 0 Å². The molecule has 0 spiro atoms. The average molecular weight is 74.1 g/mol. The predicted octanol–water partition coefficient (Wildman–Crippen LogP) is -0.0285. The third kappa shape index (κ3) is 3.92. The van der Waals surface area contributed by atoms with Crippen molar-refractivity contribution in [3.05, 3.63) is 7.11 Å². The topological polar surface area (TPSA) is 21.3 Å². The maximum Gasteiger partial charge on any atom is 0.0963 e. The van der Waals surface area contributed by atoms with Crippen molar-refractivity contribution < 1.29 is 4.74 Å². The van der Waals surface area contributed by atoms with E-state index in [1.54, 1.807) is 7.05 Å². The smallest absolute Gasteiger partial charge is 0.0963 e. The van der Waals surface area contributed by atoms with Gasteiger partial charge in [0.1, 0.15) is 0 Å². The quantitative estimate of drug-likeness (QED) is 0.464. The van der Waals surface area contributed by atoms with Crippen LogP contribution in [0.2, 0.25) is 0 Å². The second kappa shape index (κ2) is 3.92. The van der Waals surface area contributed by atoms with Gasteiger partial charge in [0, 0.05) is 0 Å². The Morgan fingerprint density at radius 2 is 2.60 bits per heavy atom. The molecule has 0 heterocycles. The Kier molecular flexibility index (Phi) is 3.86. The summed E-state index contributed by atoms with van der Waals surface area (Å²) >= 11 is 0. The first kappa shape index (κ1) is 4.92. The van der Waals surface area contributed by atoms with Gasteiger partial charge >= 0.3 is 0 Å². The minimum absolute atomic E-state index is 0.528. The van der Waals surface area contributed by atoms with Gasteiger partial charge in [-0.25, -0.2) is 0 Å². The second-order valence-corrected chi connectivity index (χ2v) is 0.702. The SMILES string of the molecule is [CH2]OCNC. The monoisotopic (exact) mass is 74.1 g/mol. The zero-order valence-corrected chi connectivity index (χ0v) is 3.32. The van der Waals surface area contributed by atoms with Crippen LogP contribution in [0.1, 0.15) is 0 Å². The van der Waals surface area contributed by atoms with Crippen molar-refractivity contribution in [2.24, 2.45) is 0 Å². The zero-order chi connectivity index (χ0) is 4.12. The highest BCUT2D eigenvalue weighted by Crippen LogP contribution is 1.52. The maximum atomic E-state index is 4.33. The molecule has 0 unspecified atom stereocenters. The molecule has 0 aliphatic rings. The van der Waals surface area contributed by atoms with Crippen LogP contribution in [-0.2, 0) is 4.74 Å². The summed E-state index contributed by atoms with van der Waals surface area (Å²) in [5.74, 6) is 0. The van der Waals surface area contributed by atoms with Crippen molar-refractivity contribution in [2.45, 2.75) is 0 Å². The highest BCUT2D eigenvalue weighted by molar-refractivity contribution is 4.12. The van der Waals surface area contributed by atoms with Crippen LogP contribution in [-0.4, -0.2) is 13.8 Å². The summed E-state index contributed by atoms with van der Waals surface area (Å²) in [5.41, 5.74) is 0. The minimum Gasteiger partial charge on any atom is -0.364 e. The molecule has 0 aromatic carbocycles. The lowest BCUT2D eigenvalue weighted by atomic mass is 11.2. The lowest BCUT2D eigenvalue weighted by Gasteiger charge is -1.87. The minimum atomic E-state index is 0.528. The Hall–Kier alpha value is -0.0800. The van der Waals surface area contributed by atoms with Crippen LogP contribution in [0.4, 0.5) is 0 Å². The molecular weight excluding hydrogens is 66.0 g/mol. The van der Waals surface area contributed by atoms with Gasteiger partial charge in [-0.3, -0.25) is 5.32 Å². The van der Waals surface area contributed by atoms with Crippen molar-refractivity contribution in [3.8, 4) is 0 Å². The number of rotatable bonds is 2. The predicted molar refractivity (Wildman–Crippen MR) is 20.4 cm³/mol. The summed E-state index contributed by atoms with van der Waals surface area (Å²) in [6, 6.07) is 0. The molecule has 0 bridgehead atoms. The Morgan fingerprint density at radius 3 is 2.60 bits per heavy atom. The molecule has 0 aromatic rings. The van der Waals surface area contributed by atoms with E-state index in [-0.39, 0.29) is 0 Å². The van der Waals surface area contributed by atoms with Gasteiger partial charge < -0.3 is 4.74 Å². The standard InChI is InChI=1S/C3H8NO/c1-4-3-5-2/h4H,2-3H2,1H3. The third-order valence-electron chi connectivity index (χ3n) is 0.246. The molecular formula is C3H8NO. The first-order valence-corrected chi connectivity index (χ1v) is 1.43. The summed E-state index contributed by atoms with van der Waals surface area (Å²) in [6.07, 6.45) is 0. The van der Waals surface area contributed by atoms with E-state index in [2.05, 4.69) is 17.2 Å². The fraction of sp³-hybridized carbons (Fsp3) is 0.667. The lowest BCUT2D eigenvalue weighted by molar-refractivity contribution is 0.224. The van der Waals surface area contributed by atoms with Gasteiger partial charge in [0.25, 0.3) is 0 Å². The Bertz CT molecular complexity index is 14.4. The van der Waals surface area contributed by atoms with Gasteiger partial charge in [0.15, 0.2) is 0 Å². The molecule has 5 heavy (non-hydrogen) atoms. The van der Waals surface area contributed by atoms with E-state index in [0.717, 1.165) is 0 Å². The molecule has 0 aliphatic carbocycles. The molecule has 2 nitrogen and oxygen atoms in total. The third-order valence-corrected chi connectivity index (χ3v) is 0.246. The molecule has 0 rings (SSSR count). The fourth-order valence-corrected chi connectivity index (χ4v) is 0.102. The van der Waals surface area contributed by atoms with E-state index in [9.17, 15) is 0 Å². The molecule has 1 radical (unpaired) electrons. The number of hydrogen-bond donors (Lipinski definition) is 1. The fourth-order valence-electron chi connectivity index (χ4n) is 0.102. The van der Waals surface area contributed by atoms with Gasteiger partial charge in [-0.1, -0.05) is 0 Å². The van der Waals surface area contributed by atoms with Crippen molar-refractivity contribution in [1.82, 2.24) is 5.32 Å². The molecule has 1 N–H and O–H groups in total. The van der Waals surface area contributed by atoms with E-state index < -0.39 is 0 Å². The van der Waals surface area contributed by atoms with Crippen molar-refractivity contribution >= 4 is 0 Å². The van der Waals surface area contributed by atoms with Crippen LogP contribution in [0.25, 0.3) is 0 Å². The molecule has 0 saturated carbocycles. The zero-order valence-electron chi connectivity index (χ0n) is 3.32. The van der Waals surface area contributed by atoms with Gasteiger partial charge in [0.05, 0.1) is 13.8 Å². The Balaban J connectivity index is 2.19. The first-order valence-electron chi connectivity index (χ1n) is 1.43. The number of hydrogen-bond acceptors (Lipinski definition) is 2. The van der Waals surface area contributed by atoms with Crippen LogP contribution in [0, 0.1) is 7.11 Å². The summed E-state index contributed by atoms with van der Waals surface area (Å²) < 4.78 is 4.33. The molecule has 0 aliphatic heterocycles. The van der Waals surface area contributed by atoms with Crippen LogP contribution < -0.4 is 5.32 Å². The molecule has 0 aromatic heterocycles. The van der Waals surface area contributed by atoms with E-state index >= 15 is 0 Å². The van der Waals surface area contributed by atoms with E-state index in [4.69, 9.17) is 0 Å². The van der Waals surface area contributed by atoms with E-state index in [0.29, 0.717) is 6.73 Å². The number of nitrogens with one attached hydrogen (secondary N) is 1. The van der Waals surface area contributed by atoms with Gasteiger partial charge in [-0.2, -0.15) is 0 Å². The van der Waals surface area contributed by atoms with Gasteiger partial charge in [-0.15, -0.1) is 0 Å². The summed E-state index contributed by atoms with van der Waals surface area (Å²) in [7, 11) is 4.91. The Morgan fingerprint density at radius 1 is 2.00 bits per heavy atom. The molecule has 0 saturated heterocycles. The first-order chi connectivity index (χ1) is 2.41. The van der Waals surface area contributed by atoms with Crippen LogP contribution in [0.15, 0.2) is 0 Å². The van der Waals surface area contributed by atoms with Crippen LogP contribution in [0.3, 0.4) is 0 Å². The summed E-state index contributed by atoms with van der Waals surface area (Å²) in [4.78, 5) is 0. The van der Waals surface area contributed by atoms with Crippen molar-refractivity contribution in [3.63, 3.8) is 0 Å². The molecule has 0 amide bonds. The molecule has 0 fully saturated rings. The normalized spacial score (nSPS) is 8.40. The van der Waals surface area contributed by atoms with Crippen molar-refractivity contribution in [2.75, 3.05) is 13.8 Å². The molecule has 2 heteroatoms. The maximum absolute atomic E-state index is 4.33. The van der Waals surface area contributed by atoms with Gasteiger partial charge in [0.2, 0.25) is 0 Å². The highest BCUT2D eigenvalue weighted by Gasteiger charge is 1.62. The molecule has 31 valence electrons. The highest BCUT2D eigenvalue weighted by atomic mass is 16.5. The van der Waals surface area contributed by atoms with E-state index in [1.165, 1.54) is 0 Å². The molecule has 0 atom stereocenters. The largest absolute Gasteiger partial charge is 0.364 e. The van der Waals surface area contributed by atoms with Crippen molar-refractivity contribution in [1.29, 1.82) is 0 Å². The summed E-state index contributed by atoms with van der Waals surface area (Å²) in [6.45, 7) is 0.528. The van der Waals surface area contributed by atoms with Crippen LogP contribution in [0.5, 0.6) is 0 Å². The number of ether oxygens (including phenoxy) is 1. The van der Waals surface area contributed by atoms with E-state index in [1.807, 2.05) is 0 Å².